The lowest BCUT2D eigenvalue weighted by atomic mass is 9.96. The lowest BCUT2D eigenvalue weighted by Gasteiger charge is -2.43. The van der Waals surface area contributed by atoms with Crippen molar-refractivity contribution >= 4 is 29.5 Å². The van der Waals surface area contributed by atoms with Crippen LogP contribution in [0.15, 0.2) is 12.1 Å². The highest BCUT2D eigenvalue weighted by molar-refractivity contribution is 6.05. The number of carbonyl (C=O) groups excluding carboxylic acids is 4. The second-order valence-corrected chi connectivity index (χ2v) is 10.6. The molecular formula is C27H36F3N4O7-. The van der Waals surface area contributed by atoms with E-state index in [0.29, 0.717) is 18.9 Å². The molecule has 0 saturated carbocycles. The molecular weight excluding hydrogens is 549 g/mol. The van der Waals surface area contributed by atoms with Crippen molar-refractivity contribution in [2.75, 3.05) is 44.8 Å². The van der Waals surface area contributed by atoms with Gasteiger partial charge < -0.3 is 39.4 Å². The number of piperidine rings is 1. The molecule has 1 aromatic rings. The van der Waals surface area contributed by atoms with E-state index < -0.39 is 52.9 Å². The number of hydrogen-bond acceptors (Lipinski definition) is 7. The van der Waals surface area contributed by atoms with Gasteiger partial charge in [-0.2, -0.15) is 13.2 Å². The van der Waals surface area contributed by atoms with E-state index in [1.54, 1.807) is 20.8 Å². The van der Waals surface area contributed by atoms with Crippen LogP contribution in [-0.2, 0) is 20.5 Å². The molecule has 2 aliphatic heterocycles. The molecule has 228 valence electrons. The maximum absolute atomic E-state index is 14.4. The fourth-order valence-electron chi connectivity index (χ4n) is 5.28. The van der Waals surface area contributed by atoms with Crippen LogP contribution in [-0.4, -0.2) is 91.2 Å². The Hall–Kier alpha value is -3.55. The number of fused-ring (bicyclic) bond motifs is 1. The van der Waals surface area contributed by atoms with Gasteiger partial charge in [0.25, 0.3) is 11.8 Å². The van der Waals surface area contributed by atoms with Gasteiger partial charge in [-0.1, -0.05) is 6.92 Å². The first-order chi connectivity index (χ1) is 19.1. The third kappa shape index (κ3) is 6.85. The van der Waals surface area contributed by atoms with E-state index in [0.717, 1.165) is 11.0 Å². The molecule has 0 spiro atoms. The number of carboxylic acid groups (broad SMARTS) is 1. The average molecular weight is 586 g/mol. The van der Waals surface area contributed by atoms with Crippen LogP contribution in [0.25, 0.3) is 0 Å². The highest BCUT2D eigenvalue weighted by Gasteiger charge is 2.47. The van der Waals surface area contributed by atoms with E-state index in [9.17, 15) is 37.5 Å². The second-order valence-electron chi connectivity index (χ2n) is 10.6. The number of alkyl halides is 3. The summed E-state index contributed by atoms with van der Waals surface area (Å²) in [6.45, 7) is 6.05. The summed E-state index contributed by atoms with van der Waals surface area (Å²) in [6.07, 6.45) is -5.39. The van der Waals surface area contributed by atoms with Crippen molar-refractivity contribution in [3.05, 3.63) is 23.3 Å². The van der Waals surface area contributed by atoms with Crippen molar-refractivity contribution in [1.29, 1.82) is 0 Å². The van der Waals surface area contributed by atoms with Crippen LogP contribution in [0.4, 0.5) is 23.7 Å². The Bertz CT molecular complexity index is 1180. The van der Waals surface area contributed by atoms with Crippen LogP contribution >= 0.6 is 0 Å². The first-order valence-corrected chi connectivity index (χ1v) is 13.4. The minimum atomic E-state index is -4.96. The monoisotopic (exact) mass is 585 g/mol. The Kier molecular flexibility index (Phi) is 9.77. The van der Waals surface area contributed by atoms with E-state index >= 15 is 0 Å². The van der Waals surface area contributed by atoms with E-state index in [1.165, 1.54) is 23.8 Å². The van der Waals surface area contributed by atoms with Crippen molar-refractivity contribution in [2.24, 2.45) is 0 Å². The molecule has 4 amide bonds. The van der Waals surface area contributed by atoms with Crippen molar-refractivity contribution in [3.63, 3.8) is 0 Å². The lowest BCUT2D eigenvalue weighted by molar-refractivity contribution is -0.267. The quantitative estimate of drug-likeness (QED) is 0.469. The third-order valence-electron chi connectivity index (χ3n) is 7.20. The van der Waals surface area contributed by atoms with Gasteiger partial charge in [0.1, 0.15) is 11.8 Å². The Morgan fingerprint density at radius 3 is 2.54 bits per heavy atom. The highest BCUT2D eigenvalue weighted by Crippen LogP contribution is 2.44. The predicted octanol–water partition coefficient (Wildman–Crippen LogP) is 2.02. The standard InChI is InChI=1S/C27H37F3N4O7/c1-6-22(35)31-9-11-33-20-12-18(23(36)34(16(2)3)17-8-7-10-32(14-17)25(38)39)19(27(28,29)30)13-21(20)41-26(4,15-40-5)24(33)37/h12-13,16-17H,6-11,14-15H2,1-5H3,(H,31,35)(H,38,39)/p-1/t17-,26+/m1/s1. The van der Waals surface area contributed by atoms with Gasteiger partial charge in [0, 0.05) is 51.8 Å². The molecule has 14 heteroatoms. The fourth-order valence-corrected chi connectivity index (χ4v) is 5.28. The Balaban J connectivity index is 2.13. The molecule has 2 atom stereocenters. The molecule has 0 bridgehead atoms. The maximum atomic E-state index is 14.4. The molecule has 3 rings (SSSR count). The van der Waals surface area contributed by atoms with Gasteiger partial charge in [-0.25, -0.2) is 0 Å². The van der Waals surface area contributed by atoms with Gasteiger partial charge in [-0.05, 0) is 45.7 Å². The molecule has 11 nitrogen and oxygen atoms in total. The van der Waals surface area contributed by atoms with Gasteiger partial charge in [-0.15, -0.1) is 0 Å². The van der Waals surface area contributed by atoms with Crippen molar-refractivity contribution in [2.45, 2.75) is 70.8 Å². The molecule has 1 fully saturated rings. The Morgan fingerprint density at radius 2 is 1.98 bits per heavy atom. The molecule has 0 aliphatic carbocycles. The fraction of sp³-hybridized carbons (Fsp3) is 0.630. The van der Waals surface area contributed by atoms with Crippen LogP contribution in [0, 0.1) is 0 Å². The van der Waals surface area contributed by atoms with Crippen LogP contribution in [0.5, 0.6) is 5.75 Å². The van der Waals surface area contributed by atoms with E-state index in [4.69, 9.17) is 9.47 Å². The van der Waals surface area contributed by atoms with Gasteiger partial charge in [-0.3, -0.25) is 14.4 Å². The normalized spacial score (nSPS) is 20.9. The zero-order chi connectivity index (χ0) is 30.7. The van der Waals surface area contributed by atoms with Crippen molar-refractivity contribution in [3.8, 4) is 5.75 Å². The Morgan fingerprint density at radius 1 is 1.29 bits per heavy atom. The van der Waals surface area contributed by atoms with E-state index in [-0.39, 0.29) is 56.6 Å². The predicted molar refractivity (Wildman–Crippen MR) is 139 cm³/mol. The molecule has 1 aromatic carbocycles. The molecule has 2 aliphatic rings. The average Bonchev–Trinajstić information content (AvgIpc) is 2.89. The molecule has 2 heterocycles. The number of rotatable bonds is 9. The van der Waals surface area contributed by atoms with Crippen LogP contribution in [0.2, 0.25) is 0 Å². The molecule has 0 unspecified atom stereocenters. The van der Waals surface area contributed by atoms with Crippen LogP contribution < -0.4 is 20.1 Å². The number of nitrogens with one attached hydrogen (secondary N) is 1. The van der Waals surface area contributed by atoms with E-state index in [2.05, 4.69) is 5.32 Å². The highest BCUT2D eigenvalue weighted by atomic mass is 19.4. The number of halogens is 3. The van der Waals surface area contributed by atoms with Crippen LogP contribution in [0.3, 0.4) is 0 Å². The number of nitrogens with zero attached hydrogens (tertiary/aromatic N) is 3. The van der Waals surface area contributed by atoms with Crippen molar-refractivity contribution < 1.29 is 46.9 Å². The number of methoxy groups -OCH3 is 1. The number of benzene rings is 1. The van der Waals surface area contributed by atoms with Gasteiger partial charge >= 0.3 is 6.18 Å². The topological polar surface area (TPSA) is 132 Å². The number of hydrogen-bond donors (Lipinski definition) is 1. The summed E-state index contributed by atoms with van der Waals surface area (Å²) in [5.41, 5.74) is -3.68. The number of carbonyl (C=O) groups is 4. The lowest BCUT2D eigenvalue weighted by Crippen LogP contribution is -2.58. The first-order valence-electron chi connectivity index (χ1n) is 13.4. The van der Waals surface area contributed by atoms with Crippen LogP contribution in [0.1, 0.15) is 62.9 Å². The number of ether oxygens (including phenoxy) is 2. The summed E-state index contributed by atoms with van der Waals surface area (Å²) in [4.78, 5) is 54.1. The second kappa shape index (κ2) is 12.5. The summed E-state index contributed by atoms with van der Waals surface area (Å²) in [6, 6.07) is 0.429. The molecule has 0 aromatic heterocycles. The Labute approximate surface area is 236 Å². The molecule has 41 heavy (non-hydrogen) atoms. The largest absolute Gasteiger partial charge is 0.530 e. The van der Waals surface area contributed by atoms with Gasteiger partial charge in [0.2, 0.25) is 11.5 Å². The van der Waals surface area contributed by atoms with Gasteiger partial charge in [0.05, 0.1) is 23.4 Å². The summed E-state index contributed by atoms with van der Waals surface area (Å²) >= 11 is 0. The molecule has 1 saturated heterocycles. The van der Waals surface area contributed by atoms with E-state index in [1.807, 2.05) is 0 Å². The molecule has 0 radical (unpaired) electrons. The minimum absolute atomic E-state index is 0.00443. The summed E-state index contributed by atoms with van der Waals surface area (Å²) in [7, 11) is 1.32. The van der Waals surface area contributed by atoms with Gasteiger partial charge in [0.15, 0.2) is 0 Å². The zero-order valence-corrected chi connectivity index (χ0v) is 23.8. The summed E-state index contributed by atoms with van der Waals surface area (Å²) in [5.74, 6) is -2.13. The third-order valence-corrected chi connectivity index (χ3v) is 7.20. The first kappa shape index (κ1) is 32.0. The smallest absolute Gasteiger partial charge is 0.417 e. The minimum Gasteiger partial charge on any atom is -0.530 e. The zero-order valence-electron chi connectivity index (χ0n) is 23.8. The SMILES string of the molecule is CCC(=O)NCCN1C(=O)[C@](C)(COC)Oc2cc(C(F)(F)F)c(C(=O)N(C(C)C)[C@@H]3CCCN(C(=O)[O-])C3)cc21. The summed E-state index contributed by atoms with van der Waals surface area (Å²) < 4.78 is 54.2. The maximum Gasteiger partial charge on any atom is 0.417 e. The number of amides is 4. The number of anilines is 1. The van der Waals surface area contributed by atoms with Crippen molar-refractivity contribution in [1.82, 2.24) is 15.1 Å². The molecule has 1 N–H and O–H groups in total. The number of likely N-dealkylation sites (tertiary alicyclic amines) is 1. The summed E-state index contributed by atoms with van der Waals surface area (Å²) in [5, 5.41) is 14.1.